The van der Waals surface area contributed by atoms with E-state index >= 15 is 0 Å². The van der Waals surface area contributed by atoms with Crippen LogP contribution in [0.4, 0.5) is 5.69 Å². The Morgan fingerprint density at radius 1 is 0.750 bits per heavy atom. The Labute approximate surface area is 149 Å². The summed E-state index contributed by atoms with van der Waals surface area (Å²) in [6.45, 7) is 5.77. The highest BCUT2D eigenvalue weighted by Gasteiger charge is 2.25. The van der Waals surface area contributed by atoms with E-state index in [9.17, 15) is 0 Å². The molecule has 0 amide bonds. The van der Waals surface area contributed by atoms with Crippen molar-refractivity contribution in [2.75, 3.05) is 11.4 Å². The van der Waals surface area contributed by atoms with Crippen LogP contribution in [0.15, 0.2) is 42.7 Å². The van der Waals surface area contributed by atoms with E-state index in [2.05, 4.69) is 66.4 Å². The maximum absolute atomic E-state index is 2.55. The zero-order chi connectivity index (χ0) is 17.0. The van der Waals surface area contributed by atoms with Gasteiger partial charge in [-0.2, -0.15) is 0 Å². The fourth-order valence-corrected chi connectivity index (χ4v) is 3.59. The Hall–Kier alpha value is -1.44. The van der Waals surface area contributed by atoms with Gasteiger partial charge in [0, 0.05) is 24.6 Å². The summed E-state index contributed by atoms with van der Waals surface area (Å²) < 4.78 is 0. The van der Waals surface area contributed by atoms with Gasteiger partial charge in [-0.15, -0.1) is 0 Å². The van der Waals surface area contributed by atoms with Gasteiger partial charge in [0.05, 0.1) is 0 Å². The second-order valence-electron chi connectivity index (χ2n) is 7.02. The molecule has 0 aromatic heterocycles. The van der Waals surface area contributed by atoms with Crippen LogP contribution >= 0.6 is 0 Å². The number of anilines is 1. The third kappa shape index (κ3) is 5.89. The molecule has 0 spiro atoms. The Kier molecular flexibility index (Phi) is 8.80. The topological polar surface area (TPSA) is 6.48 Å². The van der Waals surface area contributed by atoms with Crippen LogP contribution in [0.2, 0.25) is 0 Å². The fourth-order valence-electron chi connectivity index (χ4n) is 3.59. The van der Waals surface area contributed by atoms with Crippen molar-refractivity contribution in [3.05, 3.63) is 42.7 Å². The first-order valence-corrected chi connectivity index (χ1v) is 10.1. The van der Waals surface area contributed by atoms with Gasteiger partial charge in [0.25, 0.3) is 0 Å². The first kappa shape index (κ1) is 18.9. The molecule has 0 radical (unpaired) electrons. The monoisotopic (exact) mass is 328 g/mol. The number of unbranched alkanes of at least 4 members (excludes halogenated alkanes) is 7. The molecule has 134 valence electrons. The maximum atomic E-state index is 2.55. The molecule has 1 atom stereocenters. The van der Waals surface area contributed by atoms with Crippen molar-refractivity contribution in [3.63, 3.8) is 0 Å². The highest BCUT2D eigenvalue weighted by Crippen LogP contribution is 2.27. The van der Waals surface area contributed by atoms with Gasteiger partial charge in [-0.25, -0.2) is 0 Å². The van der Waals surface area contributed by atoms with Crippen LogP contribution in [0.1, 0.15) is 78.1 Å². The Balaban J connectivity index is 1.72. The van der Waals surface area contributed by atoms with Crippen molar-refractivity contribution < 1.29 is 0 Å². The molecule has 1 aromatic carbocycles. The summed E-state index contributed by atoms with van der Waals surface area (Å²) in [4.78, 5) is 4.99. The van der Waals surface area contributed by atoms with E-state index in [1.807, 2.05) is 0 Å². The van der Waals surface area contributed by atoms with E-state index in [-0.39, 0.29) is 0 Å². The largest absolute Gasteiger partial charge is 0.356 e. The van der Waals surface area contributed by atoms with Crippen molar-refractivity contribution >= 4 is 5.69 Å². The molecule has 0 N–H and O–H groups in total. The highest BCUT2D eigenvalue weighted by atomic mass is 15.4. The second kappa shape index (κ2) is 11.2. The molecule has 1 unspecified atom stereocenters. The zero-order valence-electron chi connectivity index (χ0n) is 15.8. The third-order valence-electron chi connectivity index (χ3n) is 4.99. The minimum absolute atomic E-state index is 0.502. The summed E-state index contributed by atoms with van der Waals surface area (Å²) in [5.74, 6) is 0. The van der Waals surface area contributed by atoms with Gasteiger partial charge in [0.1, 0.15) is 6.17 Å². The maximum Gasteiger partial charge on any atom is 0.105 e. The molecule has 0 aliphatic carbocycles. The number of benzene rings is 1. The van der Waals surface area contributed by atoms with Crippen LogP contribution in [0.25, 0.3) is 0 Å². The van der Waals surface area contributed by atoms with Gasteiger partial charge < -0.3 is 9.80 Å². The minimum Gasteiger partial charge on any atom is -0.356 e. The van der Waals surface area contributed by atoms with E-state index in [0.29, 0.717) is 6.17 Å². The Morgan fingerprint density at radius 3 is 2.08 bits per heavy atom. The summed E-state index contributed by atoms with van der Waals surface area (Å²) >= 11 is 0. The first-order valence-electron chi connectivity index (χ1n) is 10.1. The smallest absolute Gasteiger partial charge is 0.105 e. The lowest BCUT2D eigenvalue weighted by atomic mass is 10.1. The van der Waals surface area contributed by atoms with Crippen molar-refractivity contribution in [1.82, 2.24) is 4.90 Å². The average Bonchev–Trinajstić information content (AvgIpc) is 3.01. The van der Waals surface area contributed by atoms with Crippen LogP contribution in [0, 0.1) is 0 Å². The number of para-hydroxylation sites is 1. The number of rotatable bonds is 12. The van der Waals surface area contributed by atoms with E-state index in [0.717, 1.165) is 0 Å². The first-order chi connectivity index (χ1) is 11.9. The van der Waals surface area contributed by atoms with Crippen LogP contribution < -0.4 is 4.90 Å². The normalized spacial score (nSPS) is 17.0. The summed E-state index contributed by atoms with van der Waals surface area (Å²) in [7, 11) is 0. The van der Waals surface area contributed by atoms with Crippen LogP contribution in [-0.4, -0.2) is 17.6 Å². The molecular weight excluding hydrogens is 292 g/mol. The van der Waals surface area contributed by atoms with Gasteiger partial charge in [0.2, 0.25) is 0 Å². The molecule has 0 bridgehead atoms. The van der Waals surface area contributed by atoms with Gasteiger partial charge in [0.15, 0.2) is 0 Å². The second-order valence-corrected chi connectivity index (χ2v) is 7.02. The number of hydrogen-bond acceptors (Lipinski definition) is 2. The standard InChI is InChI=1S/C22H36N2/c1-3-5-6-7-8-9-10-14-18-23-19-20-24(22(23)15-4-2)21-16-12-11-13-17-21/h11-13,16-17,19-20,22H,3-10,14-15,18H2,1-2H3. The SMILES string of the molecule is CCCCCCCCCCN1C=CN(c2ccccc2)C1CCC. The Bertz CT molecular complexity index is 454. The van der Waals surface area contributed by atoms with Crippen molar-refractivity contribution in [2.45, 2.75) is 84.2 Å². The summed E-state index contributed by atoms with van der Waals surface area (Å²) in [5, 5.41) is 0. The van der Waals surface area contributed by atoms with Crippen molar-refractivity contribution in [1.29, 1.82) is 0 Å². The molecule has 2 heteroatoms. The summed E-state index contributed by atoms with van der Waals surface area (Å²) in [6, 6.07) is 10.8. The van der Waals surface area contributed by atoms with Crippen LogP contribution in [0.5, 0.6) is 0 Å². The summed E-state index contributed by atoms with van der Waals surface area (Å²) in [6.07, 6.45) is 18.6. The lowest BCUT2D eigenvalue weighted by Crippen LogP contribution is -2.39. The summed E-state index contributed by atoms with van der Waals surface area (Å²) in [5.41, 5.74) is 1.31. The Morgan fingerprint density at radius 2 is 1.42 bits per heavy atom. The molecule has 24 heavy (non-hydrogen) atoms. The van der Waals surface area contributed by atoms with Crippen LogP contribution in [-0.2, 0) is 0 Å². The minimum atomic E-state index is 0.502. The highest BCUT2D eigenvalue weighted by molar-refractivity contribution is 5.51. The molecule has 0 fully saturated rings. The van der Waals surface area contributed by atoms with E-state index in [4.69, 9.17) is 0 Å². The van der Waals surface area contributed by atoms with Gasteiger partial charge in [-0.1, -0.05) is 83.4 Å². The molecular formula is C22H36N2. The van der Waals surface area contributed by atoms with Crippen molar-refractivity contribution in [3.8, 4) is 0 Å². The zero-order valence-corrected chi connectivity index (χ0v) is 15.8. The quantitative estimate of drug-likeness (QED) is 0.402. The van der Waals surface area contributed by atoms with Gasteiger partial charge in [-0.05, 0) is 25.0 Å². The molecule has 1 aliphatic rings. The predicted molar refractivity (Wildman–Crippen MR) is 106 cm³/mol. The molecule has 0 saturated carbocycles. The van der Waals surface area contributed by atoms with Gasteiger partial charge in [-0.3, -0.25) is 0 Å². The lowest BCUT2D eigenvalue weighted by molar-refractivity contribution is 0.277. The number of hydrogen-bond donors (Lipinski definition) is 0. The molecule has 1 heterocycles. The van der Waals surface area contributed by atoms with Crippen LogP contribution in [0.3, 0.4) is 0 Å². The van der Waals surface area contributed by atoms with E-state index in [1.54, 1.807) is 0 Å². The molecule has 2 nitrogen and oxygen atoms in total. The van der Waals surface area contributed by atoms with E-state index < -0.39 is 0 Å². The molecule has 0 saturated heterocycles. The lowest BCUT2D eigenvalue weighted by Gasteiger charge is -2.32. The average molecular weight is 329 g/mol. The predicted octanol–water partition coefficient (Wildman–Crippen LogP) is 6.55. The molecule has 1 aromatic rings. The third-order valence-corrected chi connectivity index (χ3v) is 4.99. The fraction of sp³-hybridized carbons (Fsp3) is 0.636. The number of nitrogens with zero attached hydrogens (tertiary/aromatic N) is 2. The van der Waals surface area contributed by atoms with Gasteiger partial charge >= 0.3 is 0 Å². The van der Waals surface area contributed by atoms with E-state index in [1.165, 1.54) is 76.4 Å². The van der Waals surface area contributed by atoms with Crippen molar-refractivity contribution in [2.24, 2.45) is 0 Å². The molecule has 2 rings (SSSR count). The molecule has 1 aliphatic heterocycles.